The summed E-state index contributed by atoms with van der Waals surface area (Å²) in [5, 5.41) is 10.6. The van der Waals surface area contributed by atoms with E-state index in [1.54, 1.807) is 0 Å². The lowest BCUT2D eigenvalue weighted by Gasteiger charge is -2.21. The second kappa shape index (κ2) is 74.0. The number of phosphoric acid groups is 2. The summed E-state index contributed by atoms with van der Waals surface area (Å²) in [6, 6.07) is 0. The van der Waals surface area contributed by atoms with E-state index in [4.69, 9.17) is 37.0 Å². The lowest BCUT2D eigenvalue weighted by atomic mass is 10.1. The molecule has 5 atom stereocenters. The quantitative estimate of drug-likeness (QED) is 0.0128. The molecule has 0 aliphatic rings. The van der Waals surface area contributed by atoms with Gasteiger partial charge in [-0.15, -0.1) is 0 Å². The monoisotopic (exact) mass is 1460 g/mol. The van der Waals surface area contributed by atoms with Gasteiger partial charge in [0.25, 0.3) is 0 Å². The second-order valence-electron chi connectivity index (χ2n) is 27.4. The van der Waals surface area contributed by atoms with Gasteiger partial charge in [-0.3, -0.25) is 37.3 Å². The molecule has 584 valence electrons. The van der Waals surface area contributed by atoms with Gasteiger partial charge in [0.05, 0.1) is 26.4 Å². The van der Waals surface area contributed by atoms with Crippen molar-refractivity contribution in [2.45, 2.75) is 393 Å². The maximum atomic E-state index is 13.1. The second-order valence-corrected chi connectivity index (χ2v) is 30.3. The normalized spacial score (nSPS) is 14.2. The highest BCUT2D eigenvalue weighted by Crippen LogP contribution is 2.45. The third kappa shape index (κ3) is 73.1. The molecule has 0 heterocycles. The fraction of sp³-hybridized carbons (Fsp3) is 0.827. The van der Waals surface area contributed by atoms with Gasteiger partial charge in [0.1, 0.15) is 19.3 Å². The van der Waals surface area contributed by atoms with Crippen LogP contribution in [0.4, 0.5) is 0 Å². The third-order valence-electron chi connectivity index (χ3n) is 17.5. The lowest BCUT2D eigenvalue weighted by molar-refractivity contribution is -0.161. The van der Waals surface area contributed by atoms with Crippen molar-refractivity contribution in [1.29, 1.82) is 0 Å². The first-order valence-electron chi connectivity index (χ1n) is 40.5. The standard InChI is InChI=1S/C81H148O17P2/c1-5-9-13-17-21-25-29-33-37-41-45-49-53-57-61-65-78(83)91-71-76(97-80(85)67-63-59-55-51-47-43-39-35-31-27-23-19-15-11-7-3)73-95-99(87,88)93-69-75(82)70-94-100(89,90)96-74-77(98-81(86)68-64-60-56-52-48-44-40-36-32-28-24-20-16-12-8-4)72-92-79(84)66-62-58-54-50-46-42-38-34-30-26-22-18-14-10-6-2/h27,31,33-40,75-77,82H,5-26,28-30,32,41-74H2,1-4H3,(H,87,88)(H,89,90)/b31-27-,37-33-,38-34-,39-35-,40-36-/t75-,76+,77+/m0/s1. The van der Waals surface area contributed by atoms with Gasteiger partial charge in [-0.2, -0.15) is 0 Å². The van der Waals surface area contributed by atoms with Crippen molar-refractivity contribution in [2.75, 3.05) is 39.6 Å². The Labute approximate surface area is 610 Å². The van der Waals surface area contributed by atoms with Crippen molar-refractivity contribution in [3.8, 4) is 0 Å². The van der Waals surface area contributed by atoms with E-state index in [9.17, 15) is 43.2 Å². The topological polar surface area (TPSA) is 237 Å². The Morgan fingerprint density at radius 2 is 0.490 bits per heavy atom. The van der Waals surface area contributed by atoms with Crippen LogP contribution < -0.4 is 0 Å². The molecule has 0 aliphatic carbocycles. The number of carbonyl (C=O) groups excluding carboxylic acids is 4. The van der Waals surface area contributed by atoms with Gasteiger partial charge in [-0.05, 0) is 128 Å². The van der Waals surface area contributed by atoms with Gasteiger partial charge in [0.15, 0.2) is 12.2 Å². The summed E-state index contributed by atoms with van der Waals surface area (Å²) >= 11 is 0. The fourth-order valence-electron chi connectivity index (χ4n) is 11.2. The molecule has 0 spiro atoms. The maximum Gasteiger partial charge on any atom is 0.472 e. The zero-order chi connectivity index (χ0) is 73.2. The van der Waals surface area contributed by atoms with Crippen LogP contribution in [-0.4, -0.2) is 96.7 Å². The van der Waals surface area contributed by atoms with Gasteiger partial charge >= 0.3 is 39.5 Å². The highest BCUT2D eigenvalue weighted by atomic mass is 31.2. The molecule has 0 radical (unpaired) electrons. The van der Waals surface area contributed by atoms with Gasteiger partial charge in [0.2, 0.25) is 0 Å². The Morgan fingerprint density at radius 1 is 0.280 bits per heavy atom. The number of rotatable bonds is 77. The molecule has 0 saturated carbocycles. The predicted molar refractivity (Wildman–Crippen MR) is 409 cm³/mol. The van der Waals surface area contributed by atoms with Gasteiger partial charge in [-0.25, -0.2) is 9.13 Å². The molecule has 2 unspecified atom stereocenters. The number of unbranched alkanes of at least 4 members (excludes halogenated alkanes) is 42. The number of hydrogen-bond acceptors (Lipinski definition) is 15. The molecule has 0 fully saturated rings. The molecule has 0 amide bonds. The van der Waals surface area contributed by atoms with E-state index < -0.39 is 97.5 Å². The number of ether oxygens (including phenoxy) is 4. The van der Waals surface area contributed by atoms with Crippen LogP contribution in [0.15, 0.2) is 60.8 Å². The Kier molecular flexibility index (Phi) is 71.6. The Balaban J connectivity index is 5.36. The molecule has 19 heteroatoms. The van der Waals surface area contributed by atoms with E-state index in [1.807, 2.05) is 0 Å². The first-order chi connectivity index (χ1) is 48.7. The molecular weight excluding hydrogens is 1310 g/mol. The summed E-state index contributed by atoms with van der Waals surface area (Å²) in [7, 11) is -9.95. The van der Waals surface area contributed by atoms with Crippen LogP contribution in [0.25, 0.3) is 0 Å². The molecule has 0 aromatic carbocycles. The minimum Gasteiger partial charge on any atom is -0.462 e. The van der Waals surface area contributed by atoms with Crippen molar-refractivity contribution < 1.29 is 80.2 Å². The van der Waals surface area contributed by atoms with E-state index >= 15 is 0 Å². The van der Waals surface area contributed by atoms with Crippen LogP contribution in [0.3, 0.4) is 0 Å². The van der Waals surface area contributed by atoms with Crippen LogP contribution in [0.5, 0.6) is 0 Å². The molecule has 0 rings (SSSR count). The zero-order valence-electron chi connectivity index (χ0n) is 63.9. The number of phosphoric ester groups is 2. The number of aliphatic hydroxyl groups excluding tert-OH is 1. The molecular formula is C81H148O17P2. The maximum absolute atomic E-state index is 13.1. The van der Waals surface area contributed by atoms with Gasteiger partial charge < -0.3 is 33.8 Å². The van der Waals surface area contributed by atoms with E-state index in [0.717, 1.165) is 154 Å². The zero-order valence-corrected chi connectivity index (χ0v) is 65.7. The average molecular weight is 1460 g/mol. The smallest absolute Gasteiger partial charge is 0.462 e. The summed E-state index contributed by atoms with van der Waals surface area (Å²) in [4.78, 5) is 73.0. The number of carbonyl (C=O) groups is 4. The minimum absolute atomic E-state index is 0.0793. The van der Waals surface area contributed by atoms with Crippen molar-refractivity contribution in [3.05, 3.63) is 60.8 Å². The highest BCUT2D eigenvalue weighted by Gasteiger charge is 2.30. The largest absolute Gasteiger partial charge is 0.472 e. The van der Waals surface area contributed by atoms with Crippen LogP contribution in [0, 0.1) is 0 Å². The van der Waals surface area contributed by atoms with E-state index in [1.165, 1.54) is 141 Å². The molecule has 0 saturated heterocycles. The van der Waals surface area contributed by atoms with Crippen molar-refractivity contribution in [3.63, 3.8) is 0 Å². The Bertz CT molecular complexity index is 2130. The van der Waals surface area contributed by atoms with Crippen LogP contribution in [0.2, 0.25) is 0 Å². The minimum atomic E-state index is -4.98. The first-order valence-corrected chi connectivity index (χ1v) is 43.5. The summed E-state index contributed by atoms with van der Waals surface area (Å²) in [5.74, 6) is -2.19. The van der Waals surface area contributed by atoms with Crippen LogP contribution in [-0.2, 0) is 65.4 Å². The predicted octanol–water partition coefficient (Wildman–Crippen LogP) is 23.5. The van der Waals surface area contributed by atoms with Gasteiger partial charge in [-0.1, -0.05) is 281 Å². The highest BCUT2D eigenvalue weighted by molar-refractivity contribution is 7.47. The molecule has 0 bridgehead atoms. The molecule has 0 aliphatic heterocycles. The van der Waals surface area contributed by atoms with E-state index in [0.29, 0.717) is 25.7 Å². The van der Waals surface area contributed by atoms with Crippen molar-refractivity contribution in [2.24, 2.45) is 0 Å². The molecule has 3 N–H and O–H groups in total. The van der Waals surface area contributed by atoms with Gasteiger partial charge in [0, 0.05) is 25.7 Å². The number of esters is 4. The third-order valence-corrected chi connectivity index (χ3v) is 19.4. The van der Waals surface area contributed by atoms with Crippen molar-refractivity contribution in [1.82, 2.24) is 0 Å². The summed E-state index contributed by atoms with van der Waals surface area (Å²) < 4.78 is 68.6. The Hall–Kier alpha value is -3.24. The SMILES string of the molecule is CCCCCC/C=C\C=C/CCCCCCCC(=O)O[C@H](COC(=O)CCCCCCC/C=C\CCCCCCCC)COP(=O)(O)OC[C@H](O)COP(=O)(O)OC[C@@H](COC(=O)CCCCCCC/C=C\CCCCCCCC)OC(=O)CCCCCCC/C=C\CCCCCCCC. The van der Waals surface area contributed by atoms with E-state index in [-0.39, 0.29) is 25.7 Å². The molecule has 100 heavy (non-hydrogen) atoms. The fourth-order valence-corrected chi connectivity index (χ4v) is 12.8. The number of hydrogen-bond donors (Lipinski definition) is 3. The molecule has 17 nitrogen and oxygen atoms in total. The van der Waals surface area contributed by atoms with E-state index in [2.05, 4.69) is 88.5 Å². The summed E-state index contributed by atoms with van der Waals surface area (Å²) in [6.45, 7) is 4.86. The molecule has 0 aromatic rings. The molecule has 0 aromatic heterocycles. The number of allylic oxidation sites excluding steroid dienone is 10. The average Bonchev–Trinajstić information content (AvgIpc) is 1.25. The van der Waals surface area contributed by atoms with Crippen molar-refractivity contribution >= 4 is 39.5 Å². The van der Waals surface area contributed by atoms with Crippen LogP contribution >= 0.6 is 15.6 Å². The summed E-state index contributed by atoms with van der Waals surface area (Å²) in [6.07, 6.45) is 73.3. The Morgan fingerprint density at radius 3 is 0.760 bits per heavy atom. The van der Waals surface area contributed by atoms with Crippen LogP contribution in [0.1, 0.15) is 374 Å². The lowest BCUT2D eigenvalue weighted by Crippen LogP contribution is -2.30. The first kappa shape index (κ1) is 96.8. The number of aliphatic hydroxyl groups is 1. The summed E-state index contributed by atoms with van der Waals surface area (Å²) in [5.41, 5.74) is 0.